The smallest absolute Gasteiger partial charge is 0.182 e. The summed E-state index contributed by atoms with van der Waals surface area (Å²) in [5.74, 6) is -3.08. The zero-order chi connectivity index (χ0) is 13.3. The lowest BCUT2D eigenvalue weighted by Crippen LogP contribution is -2.03. The minimum Gasteiger partial charge on any atom is -0.378 e. The number of benzene rings is 1. The number of nitrogens with zero attached hydrogens (tertiary/aromatic N) is 1. The molecule has 2 rings (SSSR count). The van der Waals surface area contributed by atoms with Gasteiger partial charge in [-0.1, -0.05) is 0 Å². The van der Waals surface area contributed by atoms with Gasteiger partial charge in [0.2, 0.25) is 0 Å². The van der Waals surface area contributed by atoms with Crippen LogP contribution in [0.1, 0.15) is 15.6 Å². The van der Waals surface area contributed by atoms with Crippen molar-refractivity contribution in [1.82, 2.24) is 4.98 Å². The summed E-state index contributed by atoms with van der Waals surface area (Å²) in [5.41, 5.74) is 0.653. The Bertz CT molecular complexity index is 581. The number of thiazole rings is 1. The van der Waals surface area contributed by atoms with Crippen LogP contribution in [0.25, 0.3) is 0 Å². The fraction of sp³-hybridized carbons (Fsp3) is 0.250. The van der Waals surface area contributed by atoms with Gasteiger partial charge in [0.25, 0.3) is 0 Å². The van der Waals surface area contributed by atoms with E-state index in [-0.39, 0.29) is 12.2 Å². The van der Waals surface area contributed by atoms with Crippen molar-refractivity contribution < 1.29 is 13.2 Å². The number of hydrogen-bond donors (Lipinski definition) is 1. The van der Waals surface area contributed by atoms with E-state index in [0.29, 0.717) is 6.07 Å². The second kappa shape index (κ2) is 4.97. The lowest BCUT2D eigenvalue weighted by molar-refractivity contribution is 0.497. The summed E-state index contributed by atoms with van der Waals surface area (Å²) < 4.78 is 39.3. The molecule has 0 radical (unpaired) electrons. The normalized spacial score (nSPS) is 10.7. The molecule has 0 spiro atoms. The number of rotatable bonds is 3. The Kier molecular flexibility index (Phi) is 3.56. The third kappa shape index (κ3) is 2.64. The topological polar surface area (TPSA) is 24.9 Å². The third-order valence-corrected chi connectivity index (χ3v) is 3.50. The highest BCUT2D eigenvalue weighted by atomic mass is 32.1. The van der Waals surface area contributed by atoms with Gasteiger partial charge in [-0.3, -0.25) is 0 Å². The third-order valence-electron chi connectivity index (χ3n) is 2.43. The molecule has 0 bridgehead atoms. The van der Waals surface area contributed by atoms with Crippen LogP contribution in [0.3, 0.4) is 0 Å². The maximum atomic E-state index is 13.4. The van der Waals surface area contributed by atoms with E-state index in [4.69, 9.17) is 0 Å². The molecule has 0 aliphatic carbocycles. The Morgan fingerprint density at radius 1 is 1.22 bits per heavy atom. The summed E-state index contributed by atoms with van der Waals surface area (Å²) in [6.07, 6.45) is 0. The fourth-order valence-corrected chi connectivity index (χ4v) is 2.47. The molecule has 1 aromatic heterocycles. The first-order valence-corrected chi connectivity index (χ1v) is 6.10. The molecular formula is C12H11F3N2S. The van der Waals surface area contributed by atoms with E-state index in [1.165, 1.54) is 11.3 Å². The molecule has 0 saturated heterocycles. The van der Waals surface area contributed by atoms with Crippen LogP contribution in [0, 0.1) is 31.3 Å². The van der Waals surface area contributed by atoms with Crippen LogP contribution in [0.4, 0.5) is 18.9 Å². The Hall–Kier alpha value is -1.56. The summed E-state index contributed by atoms with van der Waals surface area (Å²) in [6, 6.07) is 1.45. The van der Waals surface area contributed by atoms with Crippen molar-refractivity contribution >= 4 is 17.0 Å². The molecule has 0 fully saturated rings. The summed E-state index contributed by atoms with van der Waals surface area (Å²) in [5, 5.41) is 3.58. The molecule has 2 aromatic rings. The van der Waals surface area contributed by atoms with Crippen molar-refractivity contribution in [1.29, 1.82) is 0 Å². The average Bonchev–Trinajstić information content (AvgIpc) is 2.60. The summed E-state index contributed by atoms with van der Waals surface area (Å²) in [4.78, 5) is 5.13. The van der Waals surface area contributed by atoms with Gasteiger partial charge in [0, 0.05) is 17.0 Å². The van der Waals surface area contributed by atoms with Gasteiger partial charge < -0.3 is 5.32 Å². The van der Waals surface area contributed by atoms with Crippen LogP contribution in [0.15, 0.2) is 12.1 Å². The number of aromatic nitrogens is 1. The second-order valence-electron chi connectivity index (χ2n) is 3.84. The quantitative estimate of drug-likeness (QED) is 0.860. The van der Waals surface area contributed by atoms with Crippen molar-refractivity contribution in [3.63, 3.8) is 0 Å². The van der Waals surface area contributed by atoms with Gasteiger partial charge in [-0.05, 0) is 13.8 Å². The number of aryl methyl sites for hydroxylation is 2. The number of hydrogen-bond acceptors (Lipinski definition) is 3. The summed E-state index contributed by atoms with van der Waals surface area (Å²) >= 11 is 1.46. The zero-order valence-electron chi connectivity index (χ0n) is 9.85. The molecule has 0 unspecified atom stereocenters. The largest absolute Gasteiger partial charge is 0.378 e. The molecular weight excluding hydrogens is 261 g/mol. The molecule has 1 N–H and O–H groups in total. The highest BCUT2D eigenvalue weighted by Gasteiger charge is 2.12. The molecule has 1 heterocycles. The molecule has 18 heavy (non-hydrogen) atoms. The van der Waals surface area contributed by atoms with Crippen LogP contribution in [-0.4, -0.2) is 4.98 Å². The lowest BCUT2D eigenvalue weighted by atomic mass is 10.2. The van der Waals surface area contributed by atoms with E-state index >= 15 is 0 Å². The van der Waals surface area contributed by atoms with E-state index in [2.05, 4.69) is 10.3 Å². The monoisotopic (exact) mass is 272 g/mol. The molecule has 1 aromatic carbocycles. The minimum atomic E-state index is -1.20. The fourth-order valence-electron chi connectivity index (χ4n) is 1.60. The molecule has 0 aliphatic heterocycles. The first kappa shape index (κ1) is 12.9. The molecule has 0 amide bonds. The van der Waals surface area contributed by atoms with E-state index < -0.39 is 17.5 Å². The molecule has 2 nitrogen and oxygen atoms in total. The Morgan fingerprint density at radius 3 is 2.56 bits per heavy atom. The van der Waals surface area contributed by atoms with Gasteiger partial charge in [0.15, 0.2) is 11.6 Å². The lowest BCUT2D eigenvalue weighted by Gasteiger charge is -2.07. The average molecular weight is 272 g/mol. The predicted molar refractivity (Wildman–Crippen MR) is 65.2 cm³/mol. The van der Waals surface area contributed by atoms with Crippen LogP contribution in [0.5, 0.6) is 0 Å². The van der Waals surface area contributed by atoms with Crippen LogP contribution < -0.4 is 5.32 Å². The van der Waals surface area contributed by atoms with E-state index in [9.17, 15) is 13.2 Å². The van der Waals surface area contributed by atoms with Crippen molar-refractivity contribution in [2.45, 2.75) is 20.4 Å². The summed E-state index contributed by atoms with van der Waals surface area (Å²) in [7, 11) is 0. The Morgan fingerprint density at radius 2 is 1.94 bits per heavy atom. The minimum absolute atomic E-state index is 0.182. The van der Waals surface area contributed by atoms with Gasteiger partial charge in [0.1, 0.15) is 5.82 Å². The number of nitrogens with one attached hydrogen (secondary N) is 1. The van der Waals surface area contributed by atoms with Gasteiger partial charge in [-0.15, -0.1) is 11.3 Å². The first-order valence-electron chi connectivity index (χ1n) is 5.28. The highest BCUT2D eigenvalue weighted by molar-refractivity contribution is 7.11. The van der Waals surface area contributed by atoms with E-state index in [0.717, 1.165) is 21.6 Å². The maximum Gasteiger partial charge on any atom is 0.182 e. The molecule has 0 aliphatic rings. The number of anilines is 1. The van der Waals surface area contributed by atoms with Crippen molar-refractivity contribution in [2.24, 2.45) is 0 Å². The van der Waals surface area contributed by atoms with Crippen molar-refractivity contribution in [2.75, 3.05) is 5.32 Å². The molecule has 96 valence electrons. The molecule has 0 atom stereocenters. The summed E-state index contributed by atoms with van der Waals surface area (Å²) in [6.45, 7) is 3.99. The van der Waals surface area contributed by atoms with E-state index in [1.54, 1.807) is 0 Å². The zero-order valence-corrected chi connectivity index (χ0v) is 10.7. The van der Waals surface area contributed by atoms with Gasteiger partial charge in [-0.2, -0.15) is 0 Å². The first-order chi connectivity index (χ1) is 8.47. The molecule has 6 heteroatoms. The van der Waals surface area contributed by atoms with Gasteiger partial charge >= 0.3 is 0 Å². The van der Waals surface area contributed by atoms with Crippen molar-refractivity contribution in [3.8, 4) is 0 Å². The molecule has 0 saturated carbocycles. The Labute approximate surface area is 106 Å². The SMILES string of the molecule is Cc1nc(C)c(CNc2cc(F)cc(F)c2F)s1. The van der Waals surface area contributed by atoms with Gasteiger partial charge in [-0.25, -0.2) is 18.2 Å². The Balaban J connectivity index is 2.18. The second-order valence-corrected chi connectivity index (χ2v) is 5.13. The highest BCUT2D eigenvalue weighted by Crippen LogP contribution is 2.22. The van der Waals surface area contributed by atoms with Crippen LogP contribution in [0.2, 0.25) is 0 Å². The predicted octanol–water partition coefficient (Wildman–Crippen LogP) is 3.79. The van der Waals surface area contributed by atoms with E-state index in [1.807, 2.05) is 13.8 Å². The van der Waals surface area contributed by atoms with Gasteiger partial charge in [0.05, 0.1) is 22.9 Å². The van der Waals surface area contributed by atoms with Crippen LogP contribution in [-0.2, 0) is 6.54 Å². The number of halogens is 3. The maximum absolute atomic E-state index is 13.4. The van der Waals surface area contributed by atoms with Crippen molar-refractivity contribution in [3.05, 3.63) is 45.2 Å². The standard InChI is InChI=1S/C12H11F3N2S/c1-6-11(18-7(2)17-6)5-16-10-4-8(13)3-9(14)12(10)15/h3-4,16H,5H2,1-2H3. The van der Waals surface area contributed by atoms with Crippen LogP contribution >= 0.6 is 11.3 Å².